The third-order valence-corrected chi connectivity index (χ3v) is 0.576. The van der Waals surface area contributed by atoms with Gasteiger partial charge in [-0.15, -0.1) is 0 Å². The van der Waals surface area contributed by atoms with E-state index in [0.29, 0.717) is 0 Å². The van der Waals surface area contributed by atoms with Crippen LogP contribution in [0.3, 0.4) is 0 Å². The molecule has 0 N–H and O–H groups in total. The molecule has 0 amide bonds. The molecule has 3 heteroatoms. The zero-order valence-corrected chi connectivity index (χ0v) is 4.50. The molecule has 0 aromatic rings. The summed E-state index contributed by atoms with van der Waals surface area (Å²) in [7, 11) is 1.53. The van der Waals surface area contributed by atoms with Crippen LogP contribution in [0, 0.1) is 28.6 Å². The van der Waals surface area contributed by atoms with Crippen LogP contribution in [-0.2, 0) is 0 Å². The molecule has 0 heterocycles. The van der Waals surface area contributed by atoms with Gasteiger partial charge in [0.2, 0.25) is 0 Å². The highest BCUT2D eigenvalue weighted by molar-refractivity contribution is 5.67. The van der Waals surface area contributed by atoms with Crippen molar-refractivity contribution < 1.29 is 0 Å². The van der Waals surface area contributed by atoms with E-state index in [9.17, 15) is 0 Å². The lowest BCUT2D eigenvalue weighted by molar-refractivity contribution is 1.17. The first-order valence-corrected chi connectivity index (χ1v) is 2.06. The van der Waals surface area contributed by atoms with Crippen molar-refractivity contribution in [2.75, 3.05) is 7.05 Å². The zero-order chi connectivity index (χ0) is 6.41. The van der Waals surface area contributed by atoms with Crippen molar-refractivity contribution in [3.05, 3.63) is 0 Å². The van der Waals surface area contributed by atoms with Gasteiger partial charge in [-0.1, -0.05) is 0 Å². The molecular weight excluding hydrogens is 102 g/mol. The van der Waals surface area contributed by atoms with E-state index < -0.39 is 5.92 Å². The number of nitriles is 2. The lowest BCUT2D eigenvalue weighted by Gasteiger charge is -1.80. The van der Waals surface area contributed by atoms with Crippen LogP contribution in [0.25, 0.3) is 0 Å². The molecule has 0 rings (SSSR count). The Bertz CT molecular complexity index is 143. The summed E-state index contributed by atoms with van der Waals surface area (Å²) >= 11 is 0. The van der Waals surface area contributed by atoms with Gasteiger partial charge in [-0.3, -0.25) is 4.99 Å². The summed E-state index contributed by atoms with van der Waals surface area (Å²) in [5, 5.41) is 16.2. The highest BCUT2D eigenvalue weighted by Crippen LogP contribution is 1.83. The standard InChI is InChI=1S/C5H5N3/c1-8-4-5(2-6)3-7/h4-5H,1H3. The predicted octanol–water partition coefficient (Wildman–Crippen LogP) is 0.350. The monoisotopic (exact) mass is 107 g/mol. The summed E-state index contributed by atoms with van der Waals surface area (Å²) in [5.74, 6) is -0.681. The van der Waals surface area contributed by atoms with Gasteiger partial charge >= 0.3 is 0 Å². The minimum Gasteiger partial charge on any atom is -0.298 e. The van der Waals surface area contributed by atoms with Gasteiger partial charge in [-0.05, 0) is 0 Å². The van der Waals surface area contributed by atoms with Crippen molar-refractivity contribution in [2.45, 2.75) is 0 Å². The van der Waals surface area contributed by atoms with E-state index in [-0.39, 0.29) is 0 Å². The quantitative estimate of drug-likeness (QED) is 0.454. The summed E-state index contributed by atoms with van der Waals surface area (Å²) in [4.78, 5) is 3.51. The molecule has 3 nitrogen and oxygen atoms in total. The summed E-state index contributed by atoms with van der Waals surface area (Å²) in [5.41, 5.74) is 0. The van der Waals surface area contributed by atoms with Gasteiger partial charge in [0, 0.05) is 13.3 Å². The first-order valence-electron chi connectivity index (χ1n) is 2.06. The van der Waals surface area contributed by atoms with E-state index in [4.69, 9.17) is 10.5 Å². The molecule has 40 valence electrons. The Morgan fingerprint density at radius 1 is 1.50 bits per heavy atom. The van der Waals surface area contributed by atoms with Gasteiger partial charge in [0.15, 0.2) is 5.92 Å². The normalized spacial score (nSPS) is 9.00. The van der Waals surface area contributed by atoms with Crippen molar-refractivity contribution in [1.82, 2.24) is 0 Å². The number of nitrogens with zero attached hydrogens (tertiary/aromatic N) is 3. The van der Waals surface area contributed by atoms with E-state index in [2.05, 4.69) is 4.99 Å². The van der Waals surface area contributed by atoms with Crippen LogP contribution in [-0.4, -0.2) is 13.3 Å². The Balaban J connectivity index is 3.82. The van der Waals surface area contributed by atoms with Crippen molar-refractivity contribution in [1.29, 1.82) is 10.5 Å². The molecule has 0 saturated heterocycles. The molecule has 0 bridgehead atoms. The largest absolute Gasteiger partial charge is 0.298 e. The Kier molecular flexibility index (Phi) is 3.18. The van der Waals surface area contributed by atoms with Gasteiger partial charge in [0.25, 0.3) is 0 Å². The van der Waals surface area contributed by atoms with E-state index in [1.807, 2.05) is 0 Å². The number of hydrogen-bond acceptors (Lipinski definition) is 3. The zero-order valence-electron chi connectivity index (χ0n) is 4.50. The van der Waals surface area contributed by atoms with Crippen molar-refractivity contribution in [3.63, 3.8) is 0 Å². The first kappa shape index (κ1) is 6.65. The van der Waals surface area contributed by atoms with Crippen molar-refractivity contribution in [3.8, 4) is 12.1 Å². The van der Waals surface area contributed by atoms with E-state index in [1.54, 1.807) is 12.1 Å². The molecule has 0 aliphatic heterocycles. The second kappa shape index (κ2) is 3.83. The molecule has 0 fully saturated rings. The van der Waals surface area contributed by atoms with Crippen LogP contribution in [0.15, 0.2) is 4.99 Å². The number of rotatable bonds is 1. The molecular formula is C5H5N3. The number of aliphatic imine (C=N–C) groups is 1. The van der Waals surface area contributed by atoms with Crippen LogP contribution in [0.2, 0.25) is 0 Å². The summed E-state index contributed by atoms with van der Waals surface area (Å²) < 4.78 is 0. The van der Waals surface area contributed by atoms with Gasteiger partial charge in [-0.2, -0.15) is 10.5 Å². The summed E-state index contributed by atoms with van der Waals surface area (Å²) in [6, 6.07) is 3.48. The van der Waals surface area contributed by atoms with E-state index >= 15 is 0 Å². The molecule has 8 heavy (non-hydrogen) atoms. The third-order valence-electron chi connectivity index (χ3n) is 0.576. The second-order valence-corrected chi connectivity index (χ2v) is 1.14. The van der Waals surface area contributed by atoms with Crippen LogP contribution < -0.4 is 0 Å². The Labute approximate surface area is 47.9 Å². The van der Waals surface area contributed by atoms with Crippen LogP contribution >= 0.6 is 0 Å². The number of hydrogen-bond donors (Lipinski definition) is 0. The van der Waals surface area contributed by atoms with Gasteiger partial charge in [0.05, 0.1) is 12.1 Å². The average Bonchev–Trinajstić information content (AvgIpc) is 1.83. The molecule has 0 aromatic carbocycles. The minimum atomic E-state index is -0.681. The summed E-state index contributed by atoms with van der Waals surface area (Å²) in [6.07, 6.45) is 1.31. The van der Waals surface area contributed by atoms with Gasteiger partial charge in [-0.25, -0.2) is 0 Å². The first-order chi connectivity index (χ1) is 3.85. The van der Waals surface area contributed by atoms with E-state index in [0.717, 1.165) is 0 Å². The highest BCUT2D eigenvalue weighted by atomic mass is 14.6. The average molecular weight is 107 g/mol. The molecule has 0 radical (unpaired) electrons. The second-order valence-electron chi connectivity index (χ2n) is 1.14. The molecule has 0 aromatic heterocycles. The molecule has 0 aliphatic carbocycles. The lowest BCUT2D eigenvalue weighted by Crippen LogP contribution is -1.91. The van der Waals surface area contributed by atoms with Crippen molar-refractivity contribution >= 4 is 6.21 Å². The molecule has 0 saturated carbocycles. The molecule has 0 unspecified atom stereocenters. The topological polar surface area (TPSA) is 59.9 Å². The minimum absolute atomic E-state index is 0.681. The highest BCUT2D eigenvalue weighted by Gasteiger charge is 1.95. The fourth-order valence-electron chi connectivity index (χ4n) is 0.245. The Morgan fingerprint density at radius 3 is 2.12 bits per heavy atom. The Morgan fingerprint density at radius 2 is 2.00 bits per heavy atom. The predicted molar refractivity (Wildman–Crippen MR) is 29.1 cm³/mol. The van der Waals surface area contributed by atoms with E-state index in [1.165, 1.54) is 13.3 Å². The van der Waals surface area contributed by atoms with Crippen LogP contribution in [0.1, 0.15) is 0 Å². The molecule has 0 atom stereocenters. The van der Waals surface area contributed by atoms with Gasteiger partial charge in [0.1, 0.15) is 0 Å². The maximum atomic E-state index is 8.09. The maximum Gasteiger partial charge on any atom is 0.167 e. The van der Waals surface area contributed by atoms with Gasteiger partial charge < -0.3 is 0 Å². The fourth-order valence-corrected chi connectivity index (χ4v) is 0.245. The van der Waals surface area contributed by atoms with Crippen LogP contribution in [0.4, 0.5) is 0 Å². The summed E-state index contributed by atoms with van der Waals surface area (Å²) in [6.45, 7) is 0. The fraction of sp³-hybridized carbons (Fsp3) is 0.400. The molecule has 0 aliphatic rings. The van der Waals surface area contributed by atoms with Crippen LogP contribution in [0.5, 0.6) is 0 Å². The maximum absolute atomic E-state index is 8.09. The third kappa shape index (κ3) is 1.94. The Hall–Kier alpha value is -1.35. The smallest absolute Gasteiger partial charge is 0.167 e. The SMILES string of the molecule is CN=CC(C#N)C#N. The lowest BCUT2D eigenvalue weighted by atomic mass is 10.2. The van der Waals surface area contributed by atoms with Crippen molar-refractivity contribution in [2.24, 2.45) is 10.9 Å². The molecule has 0 spiro atoms.